The zero-order chi connectivity index (χ0) is 13.3. The van der Waals surface area contributed by atoms with Gasteiger partial charge in [-0.2, -0.15) is 0 Å². The van der Waals surface area contributed by atoms with E-state index >= 15 is 0 Å². The Labute approximate surface area is 110 Å². The van der Waals surface area contributed by atoms with Crippen molar-refractivity contribution in [2.24, 2.45) is 5.73 Å². The maximum atomic E-state index is 11.5. The van der Waals surface area contributed by atoms with Crippen LogP contribution in [0.4, 0.5) is 5.00 Å². The molecule has 0 radical (unpaired) electrons. The molecule has 0 saturated heterocycles. The topological polar surface area (TPSA) is 72.2 Å². The van der Waals surface area contributed by atoms with Crippen LogP contribution in [0.1, 0.15) is 27.7 Å². The molecule has 0 aliphatic carbocycles. The Bertz CT molecular complexity index is 498. The number of primary amides is 1. The van der Waals surface area contributed by atoms with Crippen LogP contribution in [0.3, 0.4) is 0 Å². The zero-order valence-corrected chi connectivity index (χ0v) is 11.5. The first-order chi connectivity index (χ1) is 8.50. The molecule has 2 rings (SSSR count). The van der Waals surface area contributed by atoms with Crippen molar-refractivity contribution >= 4 is 28.7 Å². The Morgan fingerprint density at radius 3 is 2.89 bits per heavy atom. The third-order valence-electron chi connectivity index (χ3n) is 3.72. The molecular formula is C12H18N3O2S+. The van der Waals surface area contributed by atoms with Gasteiger partial charge in [0, 0.05) is 6.42 Å². The average molecular weight is 268 g/mol. The minimum absolute atomic E-state index is 0.454. The van der Waals surface area contributed by atoms with Crippen molar-refractivity contribution in [2.45, 2.75) is 19.9 Å². The molecule has 18 heavy (non-hydrogen) atoms. The molecule has 2 amide bonds. The fraction of sp³-hybridized carbons (Fsp3) is 0.500. The van der Waals surface area contributed by atoms with Gasteiger partial charge in [-0.15, -0.1) is 11.3 Å². The second kappa shape index (κ2) is 4.70. The molecule has 1 aliphatic heterocycles. The van der Waals surface area contributed by atoms with Crippen molar-refractivity contribution in [2.75, 3.05) is 25.5 Å². The molecule has 1 atom stereocenters. The van der Waals surface area contributed by atoms with Crippen molar-refractivity contribution < 1.29 is 14.1 Å². The molecule has 1 unspecified atom stereocenters. The first-order valence-electron chi connectivity index (χ1n) is 5.99. The third-order valence-corrected chi connectivity index (χ3v) is 4.87. The third kappa shape index (κ3) is 2.13. The van der Waals surface area contributed by atoms with Crippen molar-refractivity contribution in [3.05, 3.63) is 16.0 Å². The first kappa shape index (κ1) is 13.0. The molecule has 1 aromatic rings. The summed E-state index contributed by atoms with van der Waals surface area (Å²) in [5.74, 6) is -0.454. The molecule has 5 nitrogen and oxygen atoms in total. The lowest BCUT2D eigenvalue weighted by Crippen LogP contribution is -2.47. The van der Waals surface area contributed by atoms with Crippen LogP contribution in [0.2, 0.25) is 0 Å². The maximum absolute atomic E-state index is 11.5. The Balaban J connectivity index is 2.45. The van der Waals surface area contributed by atoms with E-state index in [4.69, 9.17) is 5.73 Å². The van der Waals surface area contributed by atoms with Gasteiger partial charge in [-0.3, -0.25) is 9.59 Å². The summed E-state index contributed by atoms with van der Waals surface area (Å²) in [5.41, 5.74) is 6.95. The SMILES string of the molecule is CC[N+]1(C)CCc2c(sc(NC=O)c2C(N)=O)C1. The van der Waals surface area contributed by atoms with Gasteiger partial charge in [-0.25, -0.2) is 0 Å². The number of nitrogens with zero attached hydrogens (tertiary/aromatic N) is 1. The number of hydrogen-bond donors (Lipinski definition) is 2. The first-order valence-corrected chi connectivity index (χ1v) is 6.80. The minimum atomic E-state index is -0.454. The van der Waals surface area contributed by atoms with Crippen LogP contribution in [0.15, 0.2) is 0 Å². The quantitative estimate of drug-likeness (QED) is 0.630. The summed E-state index contributed by atoms with van der Waals surface area (Å²) < 4.78 is 0.965. The summed E-state index contributed by atoms with van der Waals surface area (Å²) in [6.45, 7) is 5.12. The Hall–Kier alpha value is -1.40. The van der Waals surface area contributed by atoms with Crippen molar-refractivity contribution in [1.82, 2.24) is 0 Å². The second-order valence-corrected chi connectivity index (χ2v) is 6.01. The molecule has 0 saturated carbocycles. The van der Waals surface area contributed by atoms with Gasteiger partial charge < -0.3 is 15.5 Å². The summed E-state index contributed by atoms with van der Waals surface area (Å²) in [6.07, 6.45) is 1.44. The van der Waals surface area contributed by atoms with Crippen molar-refractivity contribution in [3.63, 3.8) is 0 Å². The molecule has 2 heterocycles. The number of fused-ring (bicyclic) bond motifs is 1. The molecule has 0 spiro atoms. The number of likely N-dealkylation sites (N-methyl/N-ethyl adjacent to an activating group) is 1. The van der Waals surface area contributed by atoms with Gasteiger partial charge >= 0.3 is 0 Å². The van der Waals surface area contributed by atoms with Crippen LogP contribution < -0.4 is 11.1 Å². The summed E-state index contributed by atoms with van der Waals surface area (Å²) in [5, 5.41) is 3.18. The summed E-state index contributed by atoms with van der Waals surface area (Å²) in [4.78, 5) is 23.3. The Morgan fingerprint density at radius 1 is 1.61 bits per heavy atom. The van der Waals surface area contributed by atoms with Crippen molar-refractivity contribution in [3.8, 4) is 0 Å². The number of carbonyl (C=O) groups excluding carboxylic acids is 2. The molecule has 6 heteroatoms. The molecule has 98 valence electrons. The average Bonchev–Trinajstić information content (AvgIpc) is 2.66. The molecule has 0 bridgehead atoms. The van der Waals surface area contributed by atoms with Crippen LogP contribution in [0, 0.1) is 0 Å². The number of carbonyl (C=O) groups is 2. The normalized spacial score (nSPS) is 22.3. The number of amides is 2. The molecule has 1 aliphatic rings. The van der Waals surface area contributed by atoms with Gasteiger partial charge in [0.05, 0.1) is 30.6 Å². The molecule has 0 aromatic carbocycles. The summed E-state index contributed by atoms with van der Waals surface area (Å²) >= 11 is 1.47. The standard InChI is InChI=1S/C12H17N3O2S/c1-3-15(2)5-4-8-9(6-15)18-12(14-7-16)10(8)11(13)17/h7H,3-6H2,1-2H3,(H2-,13,14,16,17)/p+1. The lowest BCUT2D eigenvalue weighted by atomic mass is 10.0. The van der Waals surface area contributed by atoms with Gasteiger partial charge in [0.25, 0.3) is 5.91 Å². The van der Waals surface area contributed by atoms with Crippen LogP contribution >= 0.6 is 11.3 Å². The Kier molecular flexibility index (Phi) is 3.41. The highest BCUT2D eigenvalue weighted by molar-refractivity contribution is 7.16. The van der Waals surface area contributed by atoms with Gasteiger partial charge in [0.15, 0.2) is 0 Å². The lowest BCUT2D eigenvalue weighted by molar-refractivity contribution is -0.922. The molecular weight excluding hydrogens is 250 g/mol. The number of nitrogens with one attached hydrogen (secondary N) is 1. The van der Waals surface area contributed by atoms with Gasteiger partial charge in [0.2, 0.25) is 6.41 Å². The predicted molar refractivity (Wildman–Crippen MR) is 71.5 cm³/mol. The van der Waals surface area contributed by atoms with Crippen LogP contribution in [-0.4, -0.2) is 36.9 Å². The monoisotopic (exact) mass is 268 g/mol. The highest BCUT2D eigenvalue weighted by atomic mass is 32.1. The van der Waals surface area contributed by atoms with E-state index in [1.54, 1.807) is 0 Å². The number of nitrogens with two attached hydrogens (primary N) is 1. The minimum Gasteiger partial charge on any atom is -0.365 e. The van der Waals surface area contributed by atoms with Gasteiger partial charge in [0.1, 0.15) is 11.5 Å². The fourth-order valence-electron chi connectivity index (χ4n) is 2.40. The molecule has 0 fully saturated rings. The number of quaternary nitrogens is 1. The van der Waals surface area contributed by atoms with E-state index < -0.39 is 5.91 Å². The van der Waals surface area contributed by atoms with E-state index in [1.807, 2.05) is 0 Å². The van der Waals surface area contributed by atoms with E-state index in [0.717, 1.165) is 36.1 Å². The Morgan fingerprint density at radius 2 is 2.33 bits per heavy atom. The smallest absolute Gasteiger partial charge is 0.252 e. The number of anilines is 1. The largest absolute Gasteiger partial charge is 0.365 e. The molecule has 1 aromatic heterocycles. The fourth-order valence-corrected chi connectivity index (χ4v) is 3.78. The number of rotatable bonds is 4. The van der Waals surface area contributed by atoms with E-state index in [9.17, 15) is 9.59 Å². The second-order valence-electron chi connectivity index (χ2n) is 4.90. The summed E-state index contributed by atoms with van der Waals surface area (Å²) in [7, 11) is 2.21. The van der Waals surface area contributed by atoms with Crippen LogP contribution in [0.25, 0.3) is 0 Å². The number of hydrogen-bond acceptors (Lipinski definition) is 3. The van der Waals surface area contributed by atoms with Crippen molar-refractivity contribution in [1.29, 1.82) is 0 Å². The van der Waals surface area contributed by atoms with E-state index in [0.29, 0.717) is 17.0 Å². The maximum Gasteiger partial charge on any atom is 0.252 e. The van der Waals surface area contributed by atoms with E-state index in [1.165, 1.54) is 16.2 Å². The highest BCUT2D eigenvalue weighted by Gasteiger charge is 2.33. The summed E-state index contributed by atoms with van der Waals surface area (Å²) in [6, 6.07) is 0. The van der Waals surface area contributed by atoms with Gasteiger partial charge in [-0.05, 0) is 12.5 Å². The lowest BCUT2D eigenvalue weighted by Gasteiger charge is -2.36. The van der Waals surface area contributed by atoms with Crippen LogP contribution in [0.5, 0.6) is 0 Å². The van der Waals surface area contributed by atoms with E-state index in [2.05, 4.69) is 19.3 Å². The molecule has 3 N–H and O–H groups in total. The predicted octanol–water partition coefficient (Wildman–Crippen LogP) is 0.938. The highest BCUT2D eigenvalue weighted by Crippen LogP contribution is 2.38. The van der Waals surface area contributed by atoms with Crippen LogP contribution in [-0.2, 0) is 17.8 Å². The zero-order valence-electron chi connectivity index (χ0n) is 10.7. The van der Waals surface area contributed by atoms with E-state index in [-0.39, 0.29) is 0 Å². The van der Waals surface area contributed by atoms with Gasteiger partial charge in [-0.1, -0.05) is 0 Å². The number of thiophene rings is 1.